The fraction of sp³-hybridized carbons (Fsp3) is 0.647. The first-order chi connectivity index (χ1) is 9.75. The molecule has 4 heteroatoms. The molecule has 0 atom stereocenters. The van der Waals surface area contributed by atoms with Gasteiger partial charge in [0.05, 0.1) is 18.2 Å². The van der Waals surface area contributed by atoms with Gasteiger partial charge in [-0.3, -0.25) is 0 Å². The van der Waals surface area contributed by atoms with Crippen LogP contribution in [0.15, 0.2) is 16.6 Å². The Labute approximate surface area is 136 Å². The van der Waals surface area contributed by atoms with E-state index in [0.29, 0.717) is 23.5 Å². The first-order valence-corrected chi connectivity index (χ1v) is 8.27. The Morgan fingerprint density at radius 1 is 1.19 bits per heavy atom. The molecule has 1 aromatic rings. The van der Waals surface area contributed by atoms with E-state index in [1.165, 1.54) is 5.56 Å². The second-order valence-corrected chi connectivity index (χ2v) is 7.65. The second kappa shape index (κ2) is 5.81. The number of hydrogen-bond donors (Lipinski definition) is 1. The van der Waals surface area contributed by atoms with Crippen molar-refractivity contribution in [3.05, 3.63) is 22.2 Å². The van der Waals surface area contributed by atoms with Gasteiger partial charge in [-0.15, -0.1) is 0 Å². The number of rotatable bonds is 6. The smallest absolute Gasteiger partial charge is 0.175 e. The van der Waals surface area contributed by atoms with Crippen LogP contribution >= 0.6 is 15.9 Å². The highest BCUT2D eigenvalue weighted by atomic mass is 79.9. The minimum absolute atomic E-state index is 0.347. The van der Waals surface area contributed by atoms with E-state index in [4.69, 9.17) is 9.47 Å². The maximum Gasteiger partial charge on any atom is 0.175 e. The van der Waals surface area contributed by atoms with Crippen molar-refractivity contribution in [2.24, 2.45) is 10.8 Å². The number of hydrogen-bond acceptors (Lipinski definition) is 3. The summed E-state index contributed by atoms with van der Waals surface area (Å²) in [4.78, 5) is 0. The SMILES string of the molecule is CCOc1c(Br)cc(CNC2C(C)(C)C2(C)C)cc1OC. The first kappa shape index (κ1) is 16.6. The van der Waals surface area contributed by atoms with Crippen LogP contribution in [-0.2, 0) is 6.54 Å². The molecule has 1 aliphatic rings. The molecule has 0 aliphatic heterocycles. The molecule has 2 rings (SSSR count). The molecular formula is C17H26BrNO2. The number of ether oxygens (including phenoxy) is 2. The number of nitrogens with one attached hydrogen (secondary N) is 1. The van der Waals surface area contributed by atoms with Gasteiger partial charge in [0.25, 0.3) is 0 Å². The van der Waals surface area contributed by atoms with Crippen molar-refractivity contribution in [3.8, 4) is 11.5 Å². The topological polar surface area (TPSA) is 30.5 Å². The molecule has 0 aromatic heterocycles. The van der Waals surface area contributed by atoms with Crippen LogP contribution < -0.4 is 14.8 Å². The van der Waals surface area contributed by atoms with Crippen LogP contribution in [0.4, 0.5) is 0 Å². The summed E-state index contributed by atoms with van der Waals surface area (Å²) in [5.74, 6) is 1.55. The third-order valence-corrected chi connectivity index (χ3v) is 5.70. The summed E-state index contributed by atoms with van der Waals surface area (Å²) in [6.45, 7) is 12.7. The molecule has 3 nitrogen and oxygen atoms in total. The van der Waals surface area contributed by atoms with E-state index in [1.54, 1.807) is 7.11 Å². The zero-order valence-electron chi connectivity index (χ0n) is 13.8. The number of methoxy groups -OCH3 is 1. The van der Waals surface area contributed by atoms with Gasteiger partial charge in [0, 0.05) is 12.6 Å². The van der Waals surface area contributed by atoms with Gasteiger partial charge in [0.2, 0.25) is 0 Å². The molecule has 0 saturated heterocycles. The first-order valence-electron chi connectivity index (χ1n) is 7.48. The molecule has 1 aromatic carbocycles. The standard InChI is InChI=1S/C17H26BrNO2/c1-7-21-14-12(18)8-11(9-13(14)20-6)10-19-15-16(2,3)17(15,4)5/h8-9,15,19H,7,10H2,1-6H3. The summed E-state index contributed by atoms with van der Waals surface area (Å²) in [5, 5.41) is 3.67. The predicted octanol–water partition coefficient (Wildman–Crippen LogP) is 4.38. The van der Waals surface area contributed by atoms with Gasteiger partial charge < -0.3 is 14.8 Å². The molecular weight excluding hydrogens is 330 g/mol. The summed E-state index contributed by atoms with van der Waals surface area (Å²) in [7, 11) is 1.68. The lowest BCUT2D eigenvalue weighted by molar-refractivity contribution is 0.308. The molecule has 0 spiro atoms. The van der Waals surface area contributed by atoms with Crippen LogP contribution in [-0.4, -0.2) is 19.8 Å². The Morgan fingerprint density at radius 2 is 1.81 bits per heavy atom. The van der Waals surface area contributed by atoms with Gasteiger partial charge >= 0.3 is 0 Å². The van der Waals surface area contributed by atoms with E-state index in [1.807, 2.05) is 13.0 Å². The zero-order valence-corrected chi connectivity index (χ0v) is 15.4. The lowest BCUT2D eigenvalue weighted by Crippen LogP contribution is -2.21. The van der Waals surface area contributed by atoms with Crippen LogP contribution in [0, 0.1) is 10.8 Å². The van der Waals surface area contributed by atoms with Crippen molar-refractivity contribution >= 4 is 15.9 Å². The van der Waals surface area contributed by atoms with E-state index >= 15 is 0 Å². The highest BCUT2D eigenvalue weighted by Crippen LogP contribution is 2.62. The van der Waals surface area contributed by atoms with Crippen LogP contribution in [0.1, 0.15) is 40.2 Å². The van der Waals surface area contributed by atoms with E-state index in [9.17, 15) is 0 Å². The number of halogens is 1. The average molecular weight is 356 g/mol. The number of benzene rings is 1. The van der Waals surface area contributed by atoms with Crippen LogP contribution in [0.2, 0.25) is 0 Å². The summed E-state index contributed by atoms with van der Waals surface area (Å²) < 4.78 is 12.0. The van der Waals surface area contributed by atoms with Gasteiger partial charge in [-0.1, -0.05) is 27.7 Å². The van der Waals surface area contributed by atoms with Gasteiger partial charge in [0.15, 0.2) is 11.5 Å². The van der Waals surface area contributed by atoms with E-state index in [0.717, 1.165) is 22.5 Å². The zero-order chi connectivity index (χ0) is 15.8. The largest absolute Gasteiger partial charge is 0.493 e. The van der Waals surface area contributed by atoms with Crippen molar-refractivity contribution in [1.29, 1.82) is 0 Å². The maximum absolute atomic E-state index is 5.63. The normalized spacial score (nSPS) is 19.4. The monoisotopic (exact) mass is 355 g/mol. The second-order valence-electron chi connectivity index (χ2n) is 6.80. The molecule has 0 radical (unpaired) electrons. The molecule has 1 aliphatic carbocycles. The quantitative estimate of drug-likeness (QED) is 0.821. The van der Waals surface area contributed by atoms with Crippen molar-refractivity contribution in [1.82, 2.24) is 5.32 Å². The van der Waals surface area contributed by atoms with Gasteiger partial charge in [0.1, 0.15) is 0 Å². The molecule has 0 amide bonds. The van der Waals surface area contributed by atoms with Crippen molar-refractivity contribution in [2.75, 3.05) is 13.7 Å². The van der Waals surface area contributed by atoms with Crippen LogP contribution in [0.5, 0.6) is 11.5 Å². The van der Waals surface area contributed by atoms with Gasteiger partial charge in [-0.2, -0.15) is 0 Å². The lowest BCUT2D eigenvalue weighted by atomic mass is 10.0. The van der Waals surface area contributed by atoms with E-state index in [-0.39, 0.29) is 0 Å². The van der Waals surface area contributed by atoms with Crippen molar-refractivity contribution in [2.45, 2.75) is 47.2 Å². The molecule has 0 bridgehead atoms. The molecule has 118 valence electrons. The fourth-order valence-electron chi connectivity index (χ4n) is 3.09. The molecule has 0 heterocycles. The molecule has 1 saturated carbocycles. The Kier molecular flexibility index (Phi) is 4.60. The minimum atomic E-state index is 0.347. The fourth-order valence-corrected chi connectivity index (χ4v) is 3.69. The van der Waals surface area contributed by atoms with E-state index in [2.05, 4.69) is 55.0 Å². The molecule has 0 unspecified atom stereocenters. The summed E-state index contributed by atoms with van der Waals surface area (Å²) in [6.07, 6.45) is 0. The highest BCUT2D eigenvalue weighted by molar-refractivity contribution is 9.10. The Hall–Kier alpha value is -0.740. The predicted molar refractivity (Wildman–Crippen MR) is 90.1 cm³/mol. The van der Waals surface area contributed by atoms with Gasteiger partial charge in [-0.25, -0.2) is 0 Å². The Morgan fingerprint density at radius 3 is 2.29 bits per heavy atom. The Balaban J connectivity index is 2.10. The summed E-state index contributed by atoms with van der Waals surface area (Å²) in [6, 6.07) is 4.69. The molecule has 1 N–H and O–H groups in total. The van der Waals surface area contributed by atoms with E-state index < -0.39 is 0 Å². The van der Waals surface area contributed by atoms with Crippen LogP contribution in [0.3, 0.4) is 0 Å². The third kappa shape index (κ3) is 2.93. The van der Waals surface area contributed by atoms with Crippen molar-refractivity contribution < 1.29 is 9.47 Å². The minimum Gasteiger partial charge on any atom is -0.493 e. The lowest BCUT2D eigenvalue weighted by Gasteiger charge is -2.14. The average Bonchev–Trinajstić information content (AvgIpc) is 2.80. The maximum atomic E-state index is 5.63. The van der Waals surface area contributed by atoms with Gasteiger partial charge in [-0.05, 0) is 51.4 Å². The summed E-state index contributed by atoms with van der Waals surface area (Å²) in [5.41, 5.74) is 1.89. The van der Waals surface area contributed by atoms with Crippen molar-refractivity contribution in [3.63, 3.8) is 0 Å². The molecule has 1 fully saturated rings. The third-order valence-electron chi connectivity index (χ3n) is 5.11. The highest BCUT2D eigenvalue weighted by Gasteiger charge is 2.64. The Bertz CT molecular complexity index is 512. The summed E-state index contributed by atoms with van der Waals surface area (Å²) >= 11 is 3.57. The van der Waals surface area contributed by atoms with Crippen LogP contribution in [0.25, 0.3) is 0 Å². The molecule has 21 heavy (non-hydrogen) atoms.